The zero-order valence-electron chi connectivity index (χ0n) is 13.9. The summed E-state index contributed by atoms with van der Waals surface area (Å²) in [5.41, 5.74) is 1.34. The number of carbonyl (C=O) groups excluding carboxylic acids is 2. The highest BCUT2D eigenvalue weighted by molar-refractivity contribution is 6.31. The molecule has 0 N–H and O–H groups in total. The highest BCUT2D eigenvalue weighted by Gasteiger charge is 2.25. The number of hydrogen-bond acceptors (Lipinski definition) is 2. The van der Waals surface area contributed by atoms with Crippen LogP contribution in [0.3, 0.4) is 0 Å². The van der Waals surface area contributed by atoms with Gasteiger partial charge in [-0.2, -0.15) is 0 Å². The maximum absolute atomic E-state index is 13.2. The van der Waals surface area contributed by atoms with E-state index in [1.165, 1.54) is 18.2 Å². The van der Waals surface area contributed by atoms with Gasteiger partial charge < -0.3 is 14.4 Å². The van der Waals surface area contributed by atoms with Crippen LogP contribution in [0.1, 0.15) is 15.9 Å². The van der Waals surface area contributed by atoms with Gasteiger partial charge in [-0.3, -0.25) is 9.59 Å². The van der Waals surface area contributed by atoms with Crippen molar-refractivity contribution in [2.75, 3.05) is 26.2 Å². The number of piperazine rings is 1. The third-order valence-electron chi connectivity index (χ3n) is 4.33. The van der Waals surface area contributed by atoms with Crippen LogP contribution < -0.4 is 0 Å². The van der Waals surface area contributed by atoms with Gasteiger partial charge in [0.15, 0.2) is 0 Å². The third-order valence-corrected chi connectivity index (χ3v) is 4.62. The molecule has 2 amide bonds. The first-order chi connectivity index (χ1) is 11.9. The fraction of sp³-hybridized carbons (Fsp3) is 0.333. The summed E-state index contributed by atoms with van der Waals surface area (Å²) in [7, 11) is 1.92. The quantitative estimate of drug-likeness (QED) is 0.840. The molecule has 2 aromatic rings. The molecule has 1 aliphatic rings. The lowest BCUT2D eigenvalue weighted by molar-refractivity contribution is -0.131. The van der Waals surface area contributed by atoms with Gasteiger partial charge in [0.1, 0.15) is 5.82 Å². The fourth-order valence-corrected chi connectivity index (χ4v) is 3.10. The Morgan fingerprint density at radius 1 is 1.12 bits per heavy atom. The maximum atomic E-state index is 13.2. The van der Waals surface area contributed by atoms with E-state index >= 15 is 0 Å². The van der Waals surface area contributed by atoms with Gasteiger partial charge >= 0.3 is 0 Å². The second-order valence-corrected chi connectivity index (χ2v) is 6.57. The highest BCUT2D eigenvalue weighted by Crippen LogP contribution is 2.18. The molecular weight excluding hydrogens is 345 g/mol. The van der Waals surface area contributed by atoms with Crippen LogP contribution in [-0.4, -0.2) is 52.4 Å². The van der Waals surface area contributed by atoms with Crippen LogP contribution in [-0.2, 0) is 18.3 Å². The molecule has 132 valence electrons. The standard InChI is InChI=1S/C18H19ClFN3O2/c1-21-5-4-13(12-21)10-17(24)22-6-8-23(9-7-22)18(25)14-2-3-16(20)15(19)11-14/h2-5,11-12H,6-10H2,1H3. The minimum atomic E-state index is -0.547. The summed E-state index contributed by atoms with van der Waals surface area (Å²) < 4.78 is 15.1. The molecule has 25 heavy (non-hydrogen) atoms. The topological polar surface area (TPSA) is 45.6 Å². The molecule has 1 aromatic carbocycles. The number of carbonyl (C=O) groups is 2. The van der Waals surface area contributed by atoms with Gasteiger partial charge in [0.05, 0.1) is 11.4 Å². The zero-order valence-corrected chi connectivity index (χ0v) is 14.7. The first kappa shape index (κ1) is 17.5. The Bertz CT molecular complexity index is 797. The van der Waals surface area contributed by atoms with Gasteiger partial charge in [-0.05, 0) is 29.8 Å². The number of aromatic nitrogens is 1. The summed E-state index contributed by atoms with van der Waals surface area (Å²) >= 11 is 5.74. The SMILES string of the molecule is Cn1ccc(CC(=O)N2CCN(C(=O)c3ccc(F)c(Cl)c3)CC2)c1. The van der Waals surface area contributed by atoms with Crippen molar-refractivity contribution in [1.29, 1.82) is 0 Å². The van der Waals surface area contributed by atoms with Crippen molar-refractivity contribution in [3.05, 3.63) is 58.6 Å². The van der Waals surface area contributed by atoms with E-state index in [4.69, 9.17) is 11.6 Å². The molecule has 0 atom stereocenters. The first-order valence-corrected chi connectivity index (χ1v) is 8.45. The average Bonchev–Trinajstić information content (AvgIpc) is 3.01. The van der Waals surface area contributed by atoms with Crippen LogP contribution in [0.15, 0.2) is 36.7 Å². The third kappa shape index (κ3) is 4.02. The van der Waals surface area contributed by atoms with Gasteiger partial charge in [-0.1, -0.05) is 11.6 Å². The van der Waals surface area contributed by atoms with Crippen LogP contribution in [0.4, 0.5) is 4.39 Å². The molecule has 0 spiro atoms. The molecular formula is C18H19ClFN3O2. The van der Waals surface area contributed by atoms with Crippen molar-refractivity contribution in [1.82, 2.24) is 14.4 Å². The van der Waals surface area contributed by atoms with Gasteiger partial charge in [0, 0.05) is 51.2 Å². The lowest BCUT2D eigenvalue weighted by atomic mass is 10.1. The van der Waals surface area contributed by atoms with E-state index in [-0.39, 0.29) is 16.8 Å². The average molecular weight is 364 g/mol. The molecule has 1 aromatic heterocycles. The van der Waals surface area contributed by atoms with Gasteiger partial charge in [-0.25, -0.2) is 4.39 Å². The van der Waals surface area contributed by atoms with E-state index in [1.807, 2.05) is 30.1 Å². The monoisotopic (exact) mass is 363 g/mol. The molecule has 2 heterocycles. The fourth-order valence-electron chi connectivity index (χ4n) is 2.92. The van der Waals surface area contributed by atoms with Crippen LogP contribution in [0.5, 0.6) is 0 Å². The van der Waals surface area contributed by atoms with E-state index in [0.717, 1.165) is 5.56 Å². The molecule has 0 bridgehead atoms. The predicted molar refractivity (Wildman–Crippen MR) is 93.0 cm³/mol. The smallest absolute Gasteiger partial charge is 0.254 e. The van der Waals surface area contributed by atoms with Crippen molar-refractivity contribution in [3.63, 3.8) is 0 Å². The van der Waals surface area contributed by atoms with Crippen molar-refractivity contribution >= 4 is 23.4 Å². The molecule has 0 radical (unpaired) electrons. The van der Waals surface area contributed by atoms with Crippen LogP contribution >= 0.6 is 11.6 Å². The van der Waals surface area contributed by atoms with Crippen molar-refractivity contribution in [2.24, 2.45) is 7.05 Å². The number of rotatable bonds is 3. The molecule has 5 nitrogen and oxygen atoms in total. The minimum Gasteiger partial charge on any atom is -0.357 e. The van der Waals surface area contributed by atoms with Crippen LogP contribution in [0.2, 0.25) is 5.02 Å². The second kappa shape index (κ2) is 7.27. The zero-order chi connectivity index (χ0) is 18.0. The number of halogens is 2. The summed E-state index contributed by atoms with van der Waals surface area (Å²) in [4.78, 5) is 28.3. The summed E-state index contributed by atoms with van der Waals surface area (Å²) in [6, 6.07) is 5.88. The number of benzene rings is 1. The van der Waals surface area contributed by atoms with Gasteiger partial charge in [-0.15, -0.1) is 0 Å². The number of hydrogen-bond donors (Lipinski definition) is 0. The summed E-state index contributed by atoms with van der Waals surface area (Å²) in [6.07, 6.45) is 4.20. The molecule has 3 rings (SSSR count). The summed E-state index contributed by atoms with van der Waals surface area (Å²) in [6.45, 7) is 1.89. The molecule has 1 saturated heterocycles. The van der Waals surface area contributed by atoms with E-state index < -0.39 is 5.82 Å². The molecule has 1 aliphatic heterocycles. The Balaban J connectivity index is 1.56. The van der Waals surface area contributed by atoms with Crippen LogP contribution in [0.25, 0.3) is 0 Å². The number of nitrogens with zero attached hydrogens (tertiary/aromatic N) is 3. The summed E-state index contributed by atoms with van der Waals surface area (Å²) in [5.74, 6) is -0.685. The van der Waals surface area contributed by atoms with Crippen LogP contribution in [0, 0.1) is 5.82 Å². The van der Waals surface area contributed by atoms with E-state index in [2.05, 4.69) is 0 Å². The second-order valence-electron chi connectivity index (χ2n) is 6.16. The number of aryl methyl sites for hydroxylation is 1. The summed E-state index contributed by atoms with van der Waals surface area (Å²) in [5, 5.41) is -0.0671. The normalized spacial score (nSPS) is 14.7. The Kier molecular flexibility index (Phi) is 5.08. The van der Waals surface area contributed by atoms with Gasteiger partial charge in [0.25, 0.3) is 5.91 Å². The Morgan fingerprint density at radius 3 is 2.40 bits per heavy atom. The van der Waals surface area contributed by atoms with E-state index in [1.54, 1.807) is 9.80 Å². The molecule has 1 fully saturated rings. The van der Waals surface area contributed by atoms with E-state index in [9.17, 15) is 14.0 Å². The Hall–Kier alpha value is -2.34. The maximum Gasteiger partial charge on any atom is 0.254 e. The molecule has 7 heteroatoms. The number of amides is 2. The van der Waals surface area contributed by atoms with Crippen molar-refractivity contribution in [3.8, 4) is 0 Å². The lowest BCUT2D eigenvalue weighted by Crippen LogP contribution is -2.51. The lowest BCUT2D eigenvalue weighted by Gasteiger charge is -2.35. The predicted octanol–water partition coefficient (Wildman–Crippen LogP) is 2.34. The molecule has 0 unspecified atom stereocenters. The molecule has 0 saturated carbocycles. The first-order valence-electron chi connectivity index (χ1n) is 8.07. The molecule has 0 aliphatic carbocycles. The van der Waals surface area contributed by atoms with Crippen molar-refractivity contribution < 1.29 is 14.0 Å². The van der Waals surface area contributed by atoms with Crippen molar-refractivity contribution in [2.45, 2.75) is 6.42 Å². The minimum absolute atomic E-state index is 0.0584. The Morgan fingerprint density at radius 2 is 1.80 bits per heavy atom. The van der Waals surface area contributed by atoms with Gasteiger partial charge in [0.2, 0.25) is 5.91 Å². The van der Waals surface area contributed by atoms with E-state index in [0.29, 0.717) is 38.2 Å². The Labute approximate surface area is 150 Å². The highest BCUT2D eigenvalue weighted by atomic mass is 35.5. The largest absolute Gasteiger partial charge is 0.357 e.